The van der Waals surface area contributed by atoms with Crippen LogP contribution in [0.1, 0.15) is 12.8 Å². The van der Waals surface area contributed by atoms with Gasteiger partial charge in [-0.2, -0.15) is 0 Å². The van der Waals surface area contributed by atoms with E-state index in [9.17, 15) is 0 Å². The lowest BCUT2D eigenvalue weighted by Gasteiger charge is -2.34. The van der Waals surface area contributed by atoms with E-state index in [0.29, 0.717) is 16.2 Å². The van der Waals surface area contributed by atoms with Crippen molar-refractivity contribution in [2.24, 2.45) is 0 Å². The SMILES string of the molecule is CSc1cccc(NC(=S)NC2CCN(c3ncnc4cc(Cl)ccc34)CC2)c1. The fourth-order valence-electron chi connectivity index (χ4n) is 3.56. The van der Waals surface area contributed by atoms with Crippen molar-refractivity contribution in [3.8, 4) is 0 Å². The molecule has 150 valence electrons. The monoisotopic (exact) mass is 443 g/mol. The molecule has 1 aromatic heterocycles. The molecule has 2 N–H and O–H groups in total. The predicted molar refractivity (Wildman–Crippen MR) is 127 cm³/mol. The zero-order valence-electron chi connectivity index (χ0n) is 16.1. The number of fused-ring (bicyclic) bond motifs is 1. The molecular formula is C21H22ClN5S2. The van der Waals surface area contributed by atoms with Crippen molar-refractivity contribution in [3.63, 3.8) is 0 Å². The fraction of sp³-hybridized carbons (Fsp3) is 0.286. The Kier molecular flexibility index (Phi) is 6.37. The summed E-state index contributed by atoms with van der Waals surface area (Å²) in [6.07, 6.45) is 5.66. The van der Waals surface area contributed by atoms with Gasteiger partial charge in [0.1, 0.15) is 12.1 Å². The average Bonchev–Trinajstić information content (AvgIpc) is 2.73. The number of thiocarbonyl (C=S) groups is 1. The third kappa shape index (κ3) is 4.91. The summed E-state index contributed by atoms with van der Waals surface area (Å²) in [6.45, 7) is 1.83. The van der Waals surface area contributed by atoms with Crippen LogP contribution in [-0.4, -0.2) is 40.5 Å². The van der Waals surface area contributed by atoms with Crippen molar-refractivity contribution < 1.29 is 0 Å². The summed E-state index contributed by atoms with van der Waals surface area (Å²) < 4.78 is 0. The lowest BCUT2D eigenvalue weighted by Crippen LogP contribution is -2.46. The van der Waals surface area contributed by atoms with Gasteiger partial charge in [-0.3, -0.25) is 0 Å². The van der Waals surface area contributed by atoms with Crippen molar-refractivity contribution >= 4 is 63.1 Å². The van der Waals surface area contributed by atoms with Crippen LogP contribution >= 0.6 is 35.6 Å². The van der Waals surface area contributed by atoms with Gasteiger partial charge in [0, 0.05) is 40.1 Å². The first-order valence-corrected chi connectivity index (χ1v) is 11.5. The highest BCUT2D eigenvalue weighted by atomic mass is 35.5. The zero-order chi connectivity index (χ0) is 20.2. The zero-order valence-corrected chi connectivity index (χ0v) is 18.4. The fourth-order valence-corrected chi connectivity index (χ4v) is 4.47. The van der Waals surface area contributed by atoms with Crippen molar-refractivity contribution in [2.45, 2.75) is 23.8 Å². The van der Waals surface area contributed by atoms with Gasteiger partial charge in [-0.05, 0) is 67.7 Å². The van der Waals surface area contributed by atoms with E-state index >= 15 is 0 Å². The largest absolute Gasteiger partial charge is 0.360 e. The van der Waals surface area contributed by atoms with Crippen LogP contribution in [0, 0.1) is 0 Å². The summed E-state index contributed by atoms with van der Waals surface area (Å²) in [4.78, 5) is 12.4. The Labute approximate surface area is 185 Å². The summed E-state index contributed by atoms with van der Waals surface area (Å²) >= 11 is 13.3. The van der Waals surface area contributed by atoms with E-state index in [1.54, 1.807) is 18.1 Å². The molecule has 4 rings (SSSR count). The Morgan fingerprint density at radius 2 is 2.00 bits per heavy atom. The minimum atomic E-state index is 0.345. The number of aromatic nitrogens is 2. The molecule has 1 aliphatic rings. The third-order valence-electron chi connectivity index (χ3n) is 5.03. The van der Waals surface area contributed by atoms with E-state index < -0.39 is 0 Å². The number of nitrogens with one attached hydrogen (secondary N) is 2. The van der Waals surface area contributed by atoms with Gasteiger partial charge in [-0.1, -0.05) is 17.7 Å². The second-order valence-electron chi connectivity index (χ2n) is 6.95. The lowest BCUT2D eigenvalue weighted by atomic mass is 10.0. The number of benzene rings is 2. The number of nitrogens with zero attached hydrogens (tertiary/aromatic N) is 3. The van der Waals surface area contributed by atoms with Crippen molar-refractivity contribution in [3.05, 3.63) is 53.8 Å². The van der Waals surface area contributed by atoms with Crippen molar-refractivity contribution in [2.75, 3.05) is 29.6 Å². The molecule has 2 heterocycles. The maximum atomic E-state index is 6.10. The lowest BCUT2D eigenvalue weighted by molar-refractivity contribution is 0.466. The summed E-state index contributed by atoms with van der Waals surface area (Å²) in [6, 6.07) is 14.4. The molecule has 0 radical (unpaired) electrons. The Balaban J connectivity index is 1.35. The van der Waals surface area contributed by atoms with Crippen molar-refractivity contribution in [1.29, 1.82) is 0 Å². The Morgan fingerprint density at radius 3 is 2.79 bits per heavy atom. The van der Waals surface area contributed by atoms with Gasteiger partial charge in [0.15, 0.2) is 5.11 Å². The molecule has 1 fully saturated rings. The van der Waals surface area contributed by atoms with E-state index in [1.165, 1.54) is 4.90 Å². The second-order valence-corrected chi connectivity index (χ2v) is 8.67. The molecule has 0 amide bonds. The summed E-state index contributed by atoms with van der Waals surface area (Å²) in [7, 11) is 0. The minimum absolute atomic E-state index is 0.345. The van der Waals surface area contributed by atoms with Crippen molar-refractivity contribution in [1.82, 2.24) is 15.3 Å². The maximum absolute atomic E-state index is 6.10. The molecule has 0 saturated carbocycles. The van der Waals surface area contributed by atoms with Gasteiger partial charge in [0.25, 0.3) is 0 Å². The molecule has 0 bridgehead atoms. The maximum Gasteiger partial charge on any atom is 0.170 e. The highest BCUT2D eigenvalue weighted by Gasteiger charge is 2.22. The molecule has 29 heavy (non-hydrogen) atoms. The first-order chi connectivity index (χ1) is 14.1. The Morgan fingerprint density at radius 1 is 1.17 bits per heavy atom. The summed E-state index contributed by atoms with van der Waals surface area (Å²) in [5.41, 5.74) is 1.89. The quantitative estimate of drug-likeness (QED) is 0.436. The minimum Gasteiger partial charge on any atom is -0.360 e. The highest BCUT2D eigenvalue weighted by Crippen LogP contribution is 2.27. The van der Waals surface area contributed by atoms with Crippen LogP contribution in [0.2, 0.25) is 5.02 Å². The topological polar surface area (TPSA) is 53.1 Å². The molecule has 1 saturated heterocycles. The molecule has 3 aromatic rings. The molecular weight excluding hydrogens is 422 g/mol. The highest BCUT2D eigenvalue weighted by molar-refractivity contribution is 7.98. The Hall–Kier alpha value is -2.09. The number of anilines is 2. The van der Waals surface area contributed by atoms with Gasteiger partial charge in [0.05, 0.1) is 5.52 Å². The van der Waals surface area contributed by atoms with Crippen LogP contribution in [0.3, 0.4) is 0 Å². The van der Waals surface area contributed by atoms with Gasteiger partial charge in [-0.15, -0.1) is 11.8 Å². The summed E-state index contributed by atoms with van der Waals surface area (Å²) in [5, 5.41) is 9.15. The molecule has 0 spiro atoms. The molecule has 2 aromatic carbocycles. The second kappa shape index (κ2) is 9.15. The summed E-state index contributed by atoms with van der Waals surface area (Å²) in [5.74, 6) is 0.972. The average molecular weight is 444 g/mol. The smallest absolute Gasteiger partial charge is 0.170 e. The predicted octanol–water partition coefficient (Wildman–Crippen LogP) is 4.96. The first-order valence-electron chi connectivity index (χ1n) is 9.49. The van der Waals surface area contributed by atoms with Crippen LogP contribution in [0.15, 0.2) is 53.7 Å². The number of rotatable bonds is 4. The molecule has 0 unspecified atom stereocenters. The molecule has 0 atom stereocenters. The van der Waals surface area contributed by atoms with Gasteiger partial charge >= 0.3 is 0 Å². The van der Waals surface area contributed by atoms with Gasteiger partial charge < -0.3 is 15.5 Å². The van der Waals surface area contributed by atoms with Crippen LogP contribution in [0.4, 0.5) is 11.5 Å². The van der Waals surface area contributed by atoms with E-state index in [0.717, 1.165) is 48.3 Å². The number of hydrogen-bond acceptors (Lipinski definition) is 5. The van der Waals surface area contributed by atoms with E-state index in [1.807, 2.05) is 30.3 Å². The third-order valence-corrected chi connectivity index (χ3v) is 6.22. The Bertz CT molecular complexity index is 1020. The number of piperidine rings is 1. The van der Waals surface area contributed by atoms with Crippen LogP contribution in [-0.2, 0) is 0 Å². The van der Waals surface area contributed by atoms with E-state index in [2.05, 4.69) is 43.9 Å². The van der Waals surface area contributed by atoms with Gasteiger partial charge in [0.2, 0.25) is 0 Å². The number of thioether (sulfide) groups is 1. The molecule has 0 aliphatic carbocycles. The van der Waals surface area contributed by atoms with Crippen LogP contribution in [0.25, 0.3) is 10.9 Å². The number of hydrogen-bond donors (Lipinski definition) is 2. The van der Waals surface area contributed by atoms with Crippen LogP contribution in [0.5, 0.6) is 0 Å². The van der Waals surface area contributed by atoms with Gasteiger partial charge in [-0.25, -0.2) is 9.97 Å². The molecule has 5 nitrogen and oxygen atoms in total. The first kappa shape index (κ1) is 20.2. The standard InChI is InChI=1S/C21H22ClN5S2/c1-29-17-4-2-3-16(12-17)26-21(28)25-15-7-9-27(10-8-15)20-18-6-5-14(22)11-19(18)23-13-24-20/h2-6,11-13,15H,7-10H2,1H3,(H2,25,26,28). The van der Waals surface area contributed by atoms with E-state index in [-0.39, 0.29) is 0 Å². The molecule has 8 heteroatoms. The molecule has 1 aliphatic heterocycles. The van der Waals surface area contributed by atoms with Crippen LogP contribution < -0.4 is 15.5 Å². The normalized spacial score (nSPS) is 14.8. The van der Waals surface area contributed by atoms with E-state index in [4.69, 9.17) is 23.8 Å². The number of halogens is 1.